The van der Waals surface area contributed by atoms with E-state index >= 15 is 0 Å². The topological polar surface area (TPSA) is 26.0 Å². The van der Waals surface area contributed by atoms with E-state index in [0.29, 0.717) is 0 Å². The Kier molecular flexibility index (Phi) is 7.33. The molecule has 0 amide bonds. The van der Waals surface area contributed by atoms with Gasteiger partial charge in [-0.15, -0.1) is 0 Å². The fourth-order valence-corrected chi connectivity index (χ4v) is 0.975. The smallest absolute Gasteiger partial charge is 0.00399 e. The first-order valence-electron chi connectivity index (χ1n) is 4.75. The molecule has 0 aromatic carbocycles. The molecule has 2 N–H and O–H groups in total. The van der Waals surface area contributed by atoms with Crippen LogP contribution in [0.2, 0.25) is 0 Å². The van der Waals surface area contributed by atoms with Crippen LogP contribution in [-0.4, -0.2) is 0 Å². The summed E-state index contributed by atoms with van der Waals surface area (Å²) in [5.41, 5.74) is 6.85. The summed E-state index contributed by atoms with van der Waals surface area (Å²) in [5.74, 6) is 0. The minimum absolute atomic E-state index is 1.08. The van der Waals surface area contributed by atoms with Crippen molar-refractivity contribution in [3.63, 3.8) is 0 Å². The predicted molar refractivity (Wildman–Crippen MR) is 51.3 cm³/mol. The number of nitrogens with two attached hydrogens (primary N) is 1. The summed E-state index contributed by atoms with van der Waals surface area (Å²) >= 11 is 0. The lowest BCUT2D eigenvalue weighted by Crippen LogP contribution is -1.96. The van der Waals surface area contributed by atoms with E-state index < -0.39 is 0 Å². The average Bonchev–Trinajstić information content (AvgIpc) is 2.01. The quantitative estimate of drug-likeness (QED) is 0.586. The monoisotopic (exact) mass is 155 g/mol. The molecule has 11 heavy (non-hydrogen) atoms. The third-order valence-electron chi connectivity index (χ3n) is 1.78. The van der Waals surface area contributed by atoms with E-state index in [4.69, 9.17) is 5.73 Å². The first kappa shape index (κ1) is 10.5. The highest BCUT2D eigenvalue weighted by molar-refractivity contribution is 4.95. The summed E-state index contributed by atoms with van der Waals surface area (Å²) in [5, 5.41) is 0. The molecule has 0 bridgehead atoms. The van der Waals surface area contributed by atoms with Crippen LogP contribution < -0.4 is 5.73 Å². The molecule has 1 heteroatoms. The zero-order chi connectivity index (χ0) is 8.53. The van der Waals surface area contributed by atoms with Gasteiger partial charge < -0.3 is 5.73 Å². The summed E-state index contributed by atoms with van der Waals surface area (Å²) in [6.07, 6.45) is 9.42. The number of unbranched alkanes of at least 4 members (excludes halogenated alkanes) is 3. The van der Waals surface area contributed by atoms with Gasteiger partial charge in [-0.1, -0.05) is 39.2 Å². The molecule has 0 fully saturated rings. The zero-order valence-electron chi connectivity index (χ0n) is 7.90. The van der Waals surface area contributed by atoms with E-state index in [2.05, 4.69) is 19.9 Å². The first-order valence-corrected chi connectivity index (χ1v) is 4.75. The van der Waals surface area contributed by atoms with Crippen LogP contribution in [0.15, 0.2) is 11.8 Å². The molecule has 1 nitrogen and oxygen atoms in total. The molecule has 0 radical (unpaired) electrons. The van der Waals surface area contributed by atoms with E-state index in [0.717, 1.165) is 18.5 Å². The summed E-state index contributed by atoms with van der Waals surface area (Å²) in [6.45, 7) is 4.40. The van der Waals surface area contributed by atoms with Gasteiger partial charge in [-0.25, -0.2) is 0 Å². The number of allylic oxidation sites excluding steroid dienone is 2. The van der Waals surface area contributed by atoms with Gasteiger partial charge in [0.1, 0.15) is 0 Å². The Morgan fingerprint density at radius 1 is 1.18 bits per heavy atom. The van der Waals surface area contributed by atoms with Gasteiger partial charge in [-0.3, -0.25) is 0 Å². The van der Waals surface area contributed by atoms with E-state index in [1.807, 2.05) is 0 Å². The lowest BCUT2D eigenvalue weighted by molar-refractivity contribution is 0.762. The van der Waals surface area contributed by atoms with Gasteiger partial charge in [-0.2, -0.15) is 0 Å². The van der Waals surface area contributed by atoms with Crippen molar-refractivity contribution in [1.29, 1.82) is 0 Å². The number of rotatable bonds is 6. The second kappa shape index (κ2) is 7.64. The molecule has 0 aliphatic carbocycles. The van der Waals surface area contributed by atoms with Crippen molar-refractivity contribution in [2.45, 2.75) is 52.4 Å². The highest BCUT2D eigenvalue weighted by Crippen LogP contribution is 2.04. The number of hydrogen-bond acceptors (Lipinski definition) is 1. The molecule has 0 heterocycles. The van der Waals surface area contributed by atoms with Gasteiger partial charge in [0.25, 0.3) is 0 Å². The van der Waals surface area contributed by atoms with Crippen LogP contribution in [-0.2, 0) is 0 Å². The largest absolute Gasteiger partial charge is 0.402 e. The molecule has 0 aliphatic rings. The van der Waals surface area contributed by atoms with Gasteiger partial charge in [0.05, 0.1) is 0 Å². The maximum Gasteiger partial charge on any atom is 0.00399 e. The highest BCUT2D eigenvalue weighted by atomic mass is 14.6. The molecule has 0 saturated heterocycles. The van der Waals surface area contributed by atoms with Gasteiger partial charge >= 0.3 is 0 Å². The average molecular weight is 155 g/mol. The van der Waals surface area contributed by atoms with Crippen molar-refractivity contribution in [2.75, 3.05) is 0 Å². The van der Waals surface area contributed by atoms with Crippen LogP contribution in [0, 0.1) is 0 Å². The first-order chi connectivity index (χ1) is 5.31. The summed E-state index contributed by atoms with van der Waals surface area (Å²) in [7, 11) is 0. The fraction of sp³-hybridized carbons (Fsp3) is 0.800. The van der Waals surface area contributed by atoms with Crippen molar-refractivity contribution < 1.29 is 0 Å². The third kappa shape index (κ3) is 7.44. The van der Waals surface area contributed by atoms with E-state index in [1.54, 1.807) is 0 Å². The van der Waals surface area contributed by atoms with Crippen molar-refractivity contribution >= 4 is 0 Å². The van der Waals surface area contributed by atoms with Crippen LogP contribution >= 0.6 is 0 Å². The Labute approximate surface area is 70.7 Å². The van der Waals surface area contributed by atoms with Crippen molar-refractivity contribution in [2.24, 2.45) is 5.73 Å². The van der Waals surface area contributed by atoms with E-state index in [9.17, 15) is 0 Å². The van der Waals surface area contributed by atoms with Gasteiger partial charge in [0, 0.05) is 5.70 Å². The van der Waals surface area contributed by atoms with Crippen LogP contribution in [0.1, 0.15) is 52.4 Å². The highest BCUT2D eigenvalue weighted by Gasteiger charge is 1.88. The third-order valence-corrected chi connectivity index (χ3v) is 1.78. The number of hydrogen-bond donors (Lipinski definition) is 1. The van der Waals surface area contributed by atoms with Crippen LogP contribution in [0.5, 0.6) is 0 Å². The Bertz CT molecular complexity index is 105. The summed E-state index contributed by atoms with van der Waals surface area (Å²) < 4.78 is 0. The summed E-state index contributed by atoms with van der Waals surface area (Å²) in [6, 6.07) is 0. The van der Waals surface area contributed by atoms with Gasteiger partial charge in [0.15, 0.2) is 0 Å². The Hall–Kier alpha value is -0.460. The Balaban J connectivity index is 3.30. The Morgan fingerprint density at radius 2 is 1.82 bits per heavy atom. The lowest BCUT2D eigenvalue weighted by Gasteiger charge is -1.98. The van der Waals surface area contributed by atoms with Gasteiger partial charge in [0.2, 0.25) is 0 Å². The van der Waals surface area contributed by atoms with Crippen LogP contribution in [0.4, 0.5) is 0 Å². The van der Waals surface area contributed by atoms with Gasteiger partial charge in [-0.05, 0) is 19.3 Å². The van der Waals surface area contributed by atoms with Crippen molar-refractivity contribution in [3.05, 3.63) is 11.8 Å². The Morgan fingerprint density at radius 3 is 2.36 bits per heavy atom. The van der Waals surface area contributed by atoms with Crippen molar-refractivity contribution in [1.82, 2.24) is 0 Å². The maximum atomic E-state index is 5.76. The van der Waals surface area contributed by atoms with Crippen LogP contribution in [0.3, 0.4) is 0 Å². The normalized spacial score (nSPS) is 12.0. The second-order valence-electron chi connectivity index (χ2n) is 3.02. The predicted octanol–water partition coefficient (Wildman–Crippen LogP) is 3.21. The molecule has 0 rings (SSSR count). The van der Waals surface area contributed by atoms with E-state index in [1.165, 1.54) is 25.7 Å². The SMILES string of the molecule is CCCC/C=C(\N)CCCC. The molecule has 0 unspecified atom stereocenters. The molecule has 0 saturated carbocycles. The van der Waals surface area contributed by atoms with E-state index in [-0.39, 0.29) is 0 Å². The molecule has 0 aromatic rings. The minimum atomic E-state index is 1.08. The van der Waals surface area contributed by atoms with Crippen molar-refractivity contribution in [3.8, 4) is 0 Å². The maximum absolute atomic E-state index is 5.76. The molecule has 0 spiro atoms. The standard InChI is InChI=1S/C10H21N/c1-3-5-7-9-10(11)8-6-4-2/h9H,3-8,11H2,1-2H3/b10-9-. The second-order valence-corrected chi connectivity index (χ2v) is 3.02. The molecular formula is C10H21N. The lowest BCUT2D eigenvalue weighted by atomic mass is 10.1. The summed E-state index contributed by atoms with van der Waals surface area (Å²) in [4.78, 5) is 0. The fourth-order valence-electron chi connectivity index (χ4n) is 0.975. The zero-order valence-corrected chi connectivity index (χ0v) is 7.90. The molecular weight excluding hydrogens is 134 g/mol. The van der Waals surface area contributed by atoms with Crippen LogP contribution in [0.25, 0.3) is 0 Å². The minimum Gasteiger partial charge on any atom is -0.402 e. The molecule has 0 aromatic heterocycles. The molecule has 0 atom stereocenters. The molecule has 66 valence electrons. The molecule has 0 aliphatic heterocycles.